The van der Waals surface area contributed by atoms with Crippen LogP contribution < -0.4 is 10.9 Å². The van der Waals surface area contributed by atoms with Crippen LogP contribution in [0.15, 0.2) is 23.1 Å². The molecule has 1 aromatic heterocycles. The van der Waals surface area contributed by atoms with Crippen molar-refractivity contribution in [3.05, 3.63) is 34.2 Å². The van der Waals surface area contributed by atoms with E-state index in [-0.39, 0.29) is 5.56 Å². The van der Waals surface area contributed by atoms with E-state index in [9.17, 15) is 9.59 Å². The SMILES string of the molecule is CC(C)(C)OC(=O)NC1(c2ccc(=O)[nH]c2)CCC1. The van der Waals surface area contributed by atoms with Gasteiger partial charge in [0.05, 0.1) is 5.54 Å². The average Bonchev–Trinajstić information content (AvgIpc) is 2.22. The highest BCUT2D eigenvalue weighted by molar-refractivity contribution is 5.69. The van der Waals surface area contributed by atoms with Gasteiger partial charge in [-0.25, -0.2) is 4.79 Å². The zero-order chi connectivity index (χ0) is 14.1. The summed E-state index contributed by atoms with van der Waals surface area (Å²) in [5.41, 5.74) is -0.133. The summed E-state index contributed by atoms with van der Waals surface area (Å²) in [5.74, 6) is 0. The Morgan fingerprint density at radius 1 is 1.37 bits per heavy atom. The largest absolute Gasteiger partial charge is 0.444 e. The molecule has 2 N–H and O–H groups in total. The molecule has 104 valence electrons. The molecule has 0 spiro atoms. The number of amides is 1. The molecule has 0 atom stereocenters. The van der Waals surface area contributed by atoms with Crippen molar-refractivity contribution >= 4 is 6.09 Å². The molecule has 1 aliphatic carbocycles. The number of H-pyrrole nitrogens is 1. The van der Waals surface area contributed by atoms with Crippen LogP contribution in [0.2, 0.25) is 0 Å². The summed E-state index contributed by atoms with van der Waals surface area (Å²) < 4.78 is 5.29. The van der Waals surface area contributed by atoms with Gasteiger partial charge in [-0.3, -0.25) is 4.79 Å². The normalized spacial score (nSPS) is 17.4. The second kappa shape index (κ2) is 4.72. The molecule has 0 aromatic carbocycles. The Morgan fingerprint density at radius 3 is 2.47 bits per heavy atom. The van der Waals surface area contributed by atoms with Crippen molar-refractivity contribution in [3.63, 3.8) is 0 Å². The van der Waals surface area contributed by atoms with Crippen LogP contribution in [0.25, 0.3) is 0 Å². The minimum absolute atomic E-state index is 0.143. The molecule has 1 aromatic rings. The summed E-state index contributed by atoms with van der Waals surface area (Å²) in [4.78, 5) is 25.6. The van der Waals surface area contributed by atoms with Gasteiger partial charge in [-0.2, -0.15) is 0 Å². The monoisotopic (exact) mass is 264 g/mol. The molecule has 0 radical (unpaired) electrons. The van der Waals surface area contributed by atoms with Crippen molar-refractivity contribution in [1.29, 1.82) is 0 Å². The van der Waals surface area contributed by atoms with Crippen LogP contribution in [0, 0.1) is 0 Å². The fraction of sp³-hybridized carbons (Fsp3) is 0.571. The van der Waals surface area contributed by atoms with Gasteiger partial charge >= 0.3 is 6.09 Å². The number of rotatable bonds is 2. The van der Waals surface area contributed by atoms with Crippen LogP contribution in [0.4, 0.5) is 4.79 Å². The maximum Gasteiger partial charge on any atom is 0.408 e. The van der Waals surface area contributed by atoms with Gasteiger partial charge in [0.2, 0.25) is 5.56 Å². The van der Waals surface area contributed by atoms with Gasteiger partial charge in [-0.05, 0) is 51.7 Å². The van der Waals surface area contributed by atoms with E-state index in [1.807, 2.05) is 20.8 Å². The Labute approximate surface area is 112 Å². The fourth-order valence-electron chi connectivity index (χ4n) is 2.22. The van der Waals surface area contributed by atoms with E-state index in [0.717, 1.165) is 24.8 Å². The summed E-state index contributed by atoms with van der Waals surface area (Å²) >= 11 is 0. The van der Waals surface area contributed by atoms with E-state index >= 15 is 0 Å². The molecule has 0 unspecified atom stereocenters. The summed E-state index contributed by atoms with van der Waals surface area (Å²) in [5, 5.41) is 2.94. The number of ether oxygens (including phenoxy) is 1. The number of carbonyl (C=O) groups is 1. The summed E-state index contributed by atoms with van der Waals surface area (Å²) in [6.45, 7) is 5.50. The third kappa shape index (κ3) is 3.16. The number of carbonyl (C=O) groups excluding carboxylic acids is 1. The topological polar surface area (TPSA) is 71.2 Å². The third-order valence-electron chi connectivity index (χ3n) is 3.28. The maximum absolute atomic E-state index is 11.9. The molecule has 0 aliphatic heterocycles. The van der Waals surface area contributed by atoms with Gasteiger partial charge in [-0.1, -0.05) is 0 Å². The highest BCUT2D eigenvalue weighted by atomic mass is 16.6. The molecule has 1 amide bonds. The molecule has 0 saturated heterocycles. The lowest BCUT2D eigenvalue weighted by Crippen LogP contribution is -2.52. The second-order valence-electron chi connectivity index (χ2n) is 6.00. The quantitative estimate of drug-likeness (QED) is 0.860. The van der Waals surface area contributed by atoms with E-state index in [4.69, 9.17) is 4.74 Å². The van der Waals surface area contributed by atoms with E-state index < -0.39 is 17.2 Å². The third-order valence-corrected chi connectivity index (χ3v) is 3.28. The predicted molar refractivity (Wildman–Crippen MR) is 72.0 cm³/mol. The van der Waals surface area contributed by atoms with Crippen molar-refractivity contribution in [2.75, 3.05) is 0 Å². The molecule has 1 heterocycles. The Bertz CT molecular complexity index is 504. The van der Waals surface area contributed by atoms with Crippen molar-refractivity contribution in [3.8, 4) is 0 Å². The lowest BCUT2D eigenvalue weighted by molar-refractivity contribution is 0.0377. The van der Waals surface area contributed by atoms with Crippen molar-refractivity contribution < 1.29 is 9.53 Å². The van der Waals surface area contributed by atoms with E-state index in [1.54, 1.807) is 12.3 Å². The number of aromatic nitrogens is 1. The number of aromatic amines is 1. The van der Waals surface area contributed by atoms with Crippen LogP contribution in [0.1, 0.15) is 45.6 Å². The molecule has 19 heavy (non-hydrogen) atoms. The van der Waals surface area contributed by atoms with Crippen molar-refractivity contribution in [1.82, 2.24) is 10.3 Å². The minimum atomic E-state index is -0.514. The minimum Gasteiger partial charge on any atom is -0.444 e. The number of nitrogens with one attached hydrogen (secondary N) is 2. The van der Waals surface area contributed by atoms with E-state index in [2.05, 4.69) is 10.3 Å². The Morgan fingerprint density at radius 2 is 2.05 bits per heavy atom. The fourth-order valence-corrected chi connectivity index (χ4v) is 2.22. The number of hydrogen-bond acceptors (Lipinski definition) is 3. The van der Waals surface area contributed by atoms with E-state index in [1.165, 1.54) is 6.07 Å². The lowest BCUT2D eigenvalue weighted by atomic mass is 9.72. The molecule has 1 fully saturated rings. The van der Waals surface area contributed by atoms with Crippen LogP contribution in [-0.4, -0.2) is 16.7 Å². The Kier molecular flexibility index (Phi) is 3.39. The van der Waals surface area contributed by atoms with Crippen LogP contribution in [-0.2, 0) is 10.3 Å². The number of alkyl carbamates (subject to hydrolysis) is 1. The van der Waals surface area contributed by atoms with Crippen molar-refractivity contribution in [2.24, 2.45) is 0 Å². The van der Waals surface area contributed by atoms with Gasteiger partial charge in [0.25, 0.3) is 0 Å². The van der Waals surface area contributed by atoms with Gasteiger partial charge < -0.3 is 15.0 Å². The highest BCUT2D eigenvalue weighted by Gasteiger charge is 2.41. The van der Waals surface area contributed by atoms with Gasteiger partial charge in [0, 0.05) is 12.3 Å². The first-order valence-corrected chi connectivity index (χ1v) is 6.51. The van der Waals surface area contributed by atoms with Crippen LogP contribution in [0.3, 0.4) is 0 Å². The molecular formula is C14H20N2O3. The predicted octanol–water partition coefficient (Wildman–Crippen LogP) is 2.28. The second-order valence-corrected chi connectivity index (χ2v) is 6.00. The molecule has 5 heteroatoms. The first-order valence-electron chi connectivity index (χ1n) is 6.51. The number of hydrogen-bond donors (Lipinski definition) is 2. The average molecular weight is 264 g/mol. The van der Waals surface area contributed by atoms with Crippen LogP contribution in [0.5, 0.6) is 0 Å². The Hall–Kier alpha value is -1.78. The van der Waals surface area contributed by atoms with Gasteiger partial charge in [0.1, 0.15) is 5.60 Å². The molecule has 5 nitrogen and oxygen atoms in total. The molecule has 1 aliphatic rings. The first kappa shape index (κ1) is 13.6. The van der Waals surface area contributed by atoms with E-state index in [0.29, 0.717) is 0 Å². The first-order chi connectivity index (χ1) is 8.81. The molecule has 1 saturated carbocycles. The van der Waals surface area contributed by atoms with Gasteiger partial charge in [0.15, 0.2) is 0 Å². The maximum atomic E-state index is 11.9. The summed E-state index contributed by atoms with van der Waals surface area (Å²) in [7, 11) is 0. The zero-order valence-electron chi connectivity index (χ0n) is 11.6. The number of pyridine rings is 1. The smallest absolute Gasteiger partial charge is 0.408 e. The summed E-state index contributed by atoms with van der Waals surface area (Å²) in [6, 6.07) is 3.24. The van der Waals surface area contributed by atoms with Gasteiger partial charge in [-0.15, -0.1) is 0 Å². The Balaban J connectivity index is 2.13. The molecular weight excluding hydrogens is 244 g/mol. The standard InChI is InChI=1S/C14H20N2O3/c1-13(2,3)19-12(18)16-14(7-4-8-14)10-5-6-11(17)15-9-10/h5-6,9H,4,7-8H2,1-3H3,(H,15,17)(H,16,18). The highest BCUT2D eigenvalue weighted by Crippen LogP contribution is 2.40. The summed E-state index contributed by atoms with van der Waals surface area (Å²) in [6.07, 6.45) is 4.02. The lowest BCUT2D eigenvalue weighted by Gasteiger charge is -2.42. The zero-order valence-corrected chi connectivity index (χ0v) is 11.6. The molecule has 2 rings (SSSR count). The molecule has 0 bridgehead atoms. The van der Waals surface area contributed by atoms with Crippen molar-refractivity contribution in [2.45, 2.75) is 51.2 Å². The van der Waals surface area contributed by atoms with Crippen LogP contribution >= 0.6 is 0 Å².